The molecule has 1 amide bonds. The molecule has 1 atom stereocenters. The standard InChI is InChI=1S/C11H15FN2O2/c1-7(15)4-5-14-11(16)9-6-8(13)2-3-10(9)12/h2-3,6-7,15H,4-5,13H2,1H3,(H,14,16). The van der Waals surface area contributed by atoms with Crippen LogP contribution in [0.1, 0.15) is 23.7 Å². The third-order valence-corrected chi connectivity index (χ3v) is 2.08. The first-order chi connectivity index (χ1) is 7.50. The largest absolute Gasteiger partial charge is 0.399 e. The summed E-state index contributed by atoms with van der Waals surface area (Å²) in [5.41, 5.74) is 5.71. The lowest BCUT2D eigenvalue weighted by molar-refractivity contribution is 0.0941. The SMILES string of the molecule is CC(O)CCNC(=O)c1cc(N)ccc1F. The van der Waals surface area contributed by atoms with Gasteiger partial charge in [0.05, 0.1) is 11.7 Å². The van der Waals surface area contributed by atoms with E-state index in [9.17, 15) is 9.18 Å². The van der Waals surface area contributed by atoms with Crippen LogP contribution in [-0.2, 0) is 0 Å². The Kier molecular flexibility index (Phi) is 4.25. The number of hydrogen-bond donors (Lipinski definition) is 3. The molecule has 5 heteroatoms. The summed E-state index contributed by atoms with van der Waals surface area (Å²) >= 11 is 0. The highest BCUT2D eigenvalue weighted by atomic mass is 19.1. The molecular formula is C11H15FN2O2. The highest BCUT2D eigenvalue weighted by molar-refractivity contribution is 5.95. The average Bonchev–Trinajstić information content (AvgIpc) is 2.21. The summed E-state index contributed by atoms with van der Waals surface area (Å²) in [4.78, 5) is 11.5. The predicted octanol–water partition coefficient (Wildman–Crippen LogP) is 0.909. The van der Waals surface area contributed by atoms with E-state index in [2.05, 4.69) is 5.32 Å². The van der Waals surface area contributed by atoms with Crippen molar-refractivity contribution in [2.45, 2.75) is 19.4 Å². The lowest BCUT2D eigenvalue weighted by atomic mass is 10.1. The van der Waals surface area contributed by atoms with Gasteiger partial charge in [-0.15, -0.1) is 0 Å². The molecule has 1 aromatic rings. The van der Waals surface area contributed by atoms with Crippen molar-refractivity contribution in [1.29, 1.82) is 0 Å². The van der Waals surface area contributed by atoms with Gasteiger partial charge in [0.25, 0.3) is 5.91 Å². The molecule has 88 valence electrons. The Hall–Kier alpha value is -1.62. The Morgan fingerprint density at radius 3 is 2.94 bits per heavy atom. The smallest absolute Gasteiger partial charge is 0.254 e. The number of aliphatic hydroxyl groups is 1. The minimum absolute atomic E-state index is 0.0782. The van der Waals surface area contributed by atoms with E-state index >= 15 is 0 Å². The van der Waals surface area contributed by atoms with Crippen LogP contribution in [0.25, 0.3) is 0 Å². The summed E-state index contributed by atoms with van der Waals surface area (Å²) < 4.78 is 13.2. The molecule has 0 aromatic heterocycles. The summed E-state index contributed by atoms with van der Waals surface area (Å²) in [6.07, 6.45) is -0.0682. The van der Waals surface area contributed by atoms with Crippen molar-refractivity contribution in [2.24, 2.45) is 0 Å². The van der Waals surface area contributed by atoms with E-state index in [1.807, 2.05) is 0 Å². The summed E-state index contributed by atoms with van der Waals surface area (Å²) in [5, 5.41) is 11.5. The monoisotopic (exact) mass is 226 g/mol. The van der Waals surface area contributed by atoms with Crippen LogP contribution in [0.4, 0.5) is 10.1 Å². The van der Waals surface area contributed by atoms with Gasteiger partial charge >= 0.3 is 0 Å². The normalized spacial score (nSPS) is 12.2. The first kappa shape index (κ1) is 12.4. The van der Waals surface area contributed by atoms with Gasteiger partial charge in [-0.25, -0.2) is 4.39 Å². The van der Waals surface area contributed by atoms with E-state index in [-0.39, 0.29) is 5.56 Å². The van der Waals surface area contributed by atoms with Crippen molar-refractivity contribution in [2.75, 3.05) is 12.3 Å². The van der Waals surface area contributed by atoms with E-state index in [0.29, 0.717) is 18.7 Å². The maximum atomic E-state index is 13.2. The van der Waals surface area contributed by atoms with Gasteiger partial charge in [0.2, 0.25) is 0 Å². The molecule has 0 aliphatic rings. The number of aliphatic hydroxyl groups excluding tert-OH is 1. The number of carbonyl (C=O) groups excluding carboxylic acids is 1. The Bertz CT molecular complexity index is 380. The Balaban J connectivity index is 2.62. The number of halogens is 1. The highest BCUT2D eigenvalue weighted by Crippen LogP contribution is 2.11. The molecule has 1 unspecified atom stereocenters. The van der Waals surface area contributed by atoms with E-state index in [4.69, 9.17) is 10.8 Å². The topological polar surface area (TPSA) is 75.3 Å². The van der Waals surface area contributed by atoms with Crippen LogP contribution < -0.4 is 11.1 Å². The van der Waals surface area contributed by atoms with Gasteiger partial charge in [-0.2, -0.15) is 0 Å². The third kappa shape index (κ3) is 3.51. The van der Waals surface area contributed by atoms with Gasteiger partial charge in [-0.05, 0) is 31.5 Å². The molecule has 0 saturated carbocycles. The molecule has 0 aliphatic heterocycles. The van der Waals surface area contributed by atoms with Gasteiger partial charge < -0.3 is 16.2 Å². The third-order valence-electron chi connectivity index (χ3n) is 2.08. The second-order valence-electron chi connectivity index (χ2n) is 3.63. The van der Waals surface area contributed by atoms with Crippen molar-refractivity contribution in [1.82, 2.24) is 5.32 Å². The van der Waals surface area contributed by atoms with Gasteiger partial charge in [-0.1, -0.05) is 0 Å². The molecule has 0 fully saturated rings. The molecule has 0 saturated heterocycles. The molecule has 16 heavy (non-hydrogen) atoms. The summed E-state index contributed by atoms with van der Waals surface area (Å²) in [6, 6.07) is 3.83. The fraction of sp³-hybridized carbons (Fsp3) is 0.364. The van der Waals surface area contributed by atoms with Gasteiger partial charge in [-0.3, -0.25) is 4.79 Å². The van der Waals surface area contributed by atoms with Gasteiger partial charge in [0.1, 0.15) is 5.82 Å². The van der Waals surface area contributed by atoms with E-state index in [0.717, 1.165) is 6.07 Å². The zero-order valence-electron chi connectivity index (χ0n) is 9.03. The molecule has 4 N–H and O–H groups in total. The second kappa shape index (κ2) is 5.46. The van der Waals surface area contributed by atoms with E-state index in [1.54, 1.807) is 6.92 Å². The summed E-state index contributed by atoms with van der Waals surface area (Å²) in [6.45, 7) is 1.91. The van der Waals surface area contributed by atoms with Crippen molar-refractivity contribution >= 4 is 11.6 Å². The number of benzene rings is 1. The predicted molar refractivity (Wildman–Crippen MR) is 59.4 cm³/mol. The molecule has 4 nitrogen and oxygen atoms in total. The van der Waals surface area contributed by atoms with Crippen LogP contribution in [0, 0.1) is 5.82 Å². The zero-order valence-corrected chi connectivity index (χ0v) is 9.03. The number of nitrogen functional groups attached to an aromatic ring is 1. The average molecular weight is 226 g/mol. The minimum Gasteiger partial charge on any atom is -0.399 e. The van der Waals surface area contributed by atoms with Gasteiger partial charge in [0.15, 0.2) is 0 Å². The van der Waals surface area contributed by atoms with Crippen molar-refractivity contribution in [3.8, 4) is 0 Å². The number of rotatable bonds is 4. The maximum absolute atomic E-state index is 13.2. The molecule has 0 bridgehead atoms. The second-order valence-corrected chi connectivity index (χ2v) is 3.63. The number of nitrogens with one attached hydrogen (secondary N) is 1. The molecule has 0 aliphatic carbocycles. The number of nitrogens with two attached hydrogens (primary N) is 1. The van der Waals surface area contributed by atoms with Crippen molar-refractivity contribution in [3.63, 3.8) is 0 Å². The van der Waals surface area contributed by atoms with Crippen LogP contribution in [0.2, 0.25) is 0 Å². The number of carbonyl (C=O) groups is 1. The fourth-order valence-electron chi connectivity index (χ4n) is 1.21. The Morgan fingerprint density at radius 1 is 1.62 bits per heavy atom. The highest BCUT2D eigenvalue weighted by Gasteiger charge is 2.11. The fourth-order valence-corrected chi connectivity index (χ4v) is 1.21. The van der Waals surface area contributed by atoms with Crippen LogP contribution in [0.15, 0.2) is 18.2 Å². The molecule has 0 spiro atoms. The van der Waals surface area contributed by atoms with E-state index in [1.165, 1.54) is 12.1 Å². The van der Waals surface area contributed by atoms with Crippen LogP contribution in [0.5, 0.6) is 0 Å². The van der Waals surface area contributed by atoms with Crippen LogP contribution in [0.3, 0.4) is 0 Å². The first-order valence-electron chi connectivity index (χ1n) is 5.02. The van der Waals surface area contributed by atoms with Crippen molar-refractivity contribution in [3.05, 3.63) is 29.6 Å². The molecule has 1 aromatic carbocycles. The summed E-state index contributed by atoms with van der Waals surface area (Å²) in [7, 11) is 0. The van der Waals surface area contributed by atoms with Crippen LogP contribution >= 0.6 is 0 Å². The zero-order chi connectivity index (χ0) is 12.1. The Morgan fingerprint density at radius 2 is 2.31 bits per heavy atom. The van der Waals surface area contributed by atoms with Crippen molar-refractivity contribution < 1.29 is 14.3 Å². The van der Waals surface area contributed by atoms with Gasteiger partial charge in [0, 0.05) is 12.2 Å². The molecule has 0 heterocycles. The molecule has 0 radical (unpaired) electrons. The molecule has 1 rings (SSSR count). The number of anilines is 1. The van der Waals surface area contributed by atoms with E-state index < -0.39 is 17.8 Å². The lowest BCUT2D eigenvalue weighted by Gasteiger charge is -2.07. The van der Waals surface area contributed by atoms with Crippen LogP contribution in [-0.4, -0.2) is 23.7 Å². The number of hydrogen-bond acceptors (Lipinski definition) is 3. The quantitative estimate of drug-likeness (QED) is 0.668. The first-order valence-corrected chi connectivity index (χ1v) is 5.02. The minimum atomic E-state index is -0.608. The maximum Gasteiger partial charge on any atom is 0.254 e. The Labute approximate surface area is 93.3 Å². The summed E-state index contributed by atoms with van der Waals surface area (Å²) in [5.74, 6) is -1.13. The lowest BCUT2D eigenvalue weighted by Crippen LogP contribution is -2.27. The molecular weight excluding hydrogens is 211 g/mol. The number of amides is 1.